The Balaban J connectivity index is 2.07. The number of hydrogen-bond acceptors (Lipinski definition) is 3. The van der Waals surface area contributed by atoms with E-state index in [1.165, 1.54) is 0 Å². The monoisotopic (exact) mass is 279 g/mol. The summed E-state index contributed by atoms with van der Waals surface area (Å²) < 4.78 is 13.7. The van der Waals surface area contributed by atoms with Crippen molar-refractivity contribution in [3.8, 4) is 0 Å². The van der Waals surface area contributed by atoms with Gasteiger partial charge < -0.3 is 10.2 Å². The summed E-state index contributed by atoms with van der Waals surface area (Å²) in [6.45, 7) is 11.4. The minimum absolute atomic E-state index is 0.147. The van der Waals surface area contributed by atoms with Gasteiger partial charge in [-0.2, -0.15) is 0 Å². The lowest BCUT2D eigenvalue weighted by atomic mass is 10.0. The van der Waals surface area contributed by atoms with Gasteiger partial charge >= 0.3 is 0 Å². The Labute approximate surface area is 121 Å². The Morgan fingerprint density at radius 1 is 1.10 bits per heavy atom. The Hall–Kier alpha value is -1.13. The molecule has 20 heavy (non-hydrogen) atoms. The maximum Gasteiger partial charge on any atom is 0.125 e. The van der Waals surface area contributed by atoms with Gasteiger partial charge in [-0.25, -0.2) is 4.39 Å². The molecule has 1 heterocycles. The van der Waals surface area contributed by atoms with Gasteiger partial charge in [-0.3, -0.25) is 4.90 Å². The van der Waals surface area contributed by atoms with Crippen LogP contribution in [0, 0.1) is 5.82 Å². The Kier molecular flexibility index (Phi) is 4.66. The summed E-state index contributed by atoms with van der Waals surface area (Å²) in [7, 11) is 1.88. The third-order valence-corrected chi connectivity index (χ3v) is 3.92. The van der Waals surface area contributed by atoms with E-state index in [0.717, 1.165) is 37.4 Å². The van der Waals surface area contributed by atoms with Crippen LogP contribution < -0.4 is 10.2 Å². The van der Waals surface area contributed by atoms with Gasteiger partial charge in [-0.05, 0) is 51.6 Å². The van der Waals surface area contributed by atoms with Gasteiger partial charge in [0.05, 0.1) is 0 Å². The van der Waals surface area contributed by atoms with Crippen LogP contribution in [0.4, 0.5) is 10.1 Å². The Morgan fingerprint density at radius 2 is 1.75 bits per heavy atom. The number of rotatable bonds is 3. The zero-order chi connectivity index (χ0) is 14.8. The van der Waals surface area contributed by atoms with Crippen molar-refractivity contribution in [2.75, 3.05) is 38.1 Å². The van der Waals surface area contributed by atoms with Crippen LogP contribution in [0.1, 0.15) is 26.3 Å². The van der Waals surface area contributed by atoms with Crippen molar-refractivity contribution in [3.05, 3.63) is 29.6 Å². The molecule has 2 rings (SSSR count). The van der Waals surface area contributed by atoms with Crippen LogP contribution in [-0.4, -0.2) is 43.7 Å². The van der Waals surface area contributed by atoms with Crippen molar-refractivity contribution in [3.63, 3.8) is 0 Å². The van der Waals surface area contributed by atoms with Gasteiger partial charge in [0.1, 0.15) is 5.82 Å². The van der Waals surface area contributed by atoms with Crippen LogP contribution >= 0.6 is 0 Å². The van der Waals surface area contributed by atoms with Crippen LogP contribution in [-0.2, 0) is 6.54 Å². The van der Waals surface area contributed by atoms with E-state index in [1.807, 2.05) is 7.05 Å². The van der Waals surface area contributed by atoms with E-state index in [2.05, 4.69) is 42.0 Å². The number of piperazine rings is 1. The molecule has 3 nitrogen and oxygen atoms in total. The molecule has 1 aromatic rings. The van der Waals surface area contributed by atoms with E-state index < -0.39 is 0 Å². The van der Waals surface area contributed by atoms with Crippen molar-refractivity contribution in [2.24, 2.45) is 0 Å². The Bertz CT molecular complexity index is 446. The molecule has 1 fully saturated rings. The summed E-state index contributed by atoms with van der Waals surface area (Å²) in [5, 5.41) is 3.07. The number of halogens is 1. The summed E-state index contributed by atoms with van der Waals surface area (Å²) in [6, 6.07) is 5.34. The molecule has 0 spiro atoms. The van der Waals surface area contributed by atoms with Gasteiger partial charge in [0.2, 0.25) is 0 Å². The normalized spacial score (nSPS) is 17.6. The SMILES string of the molecule is CNCc1cc(F)cc(N2CCN(C(C)(C)C)CC2)c1. The highest BCUT2D eigenvalue weighted by Crippen LogP contribution is 2.23. The number of anilines is 1. The van der Waals surface area contributed by atoms with Crippen molar-refractivity contribution in [2.45, 2.75) is 32.9 Å². The zero-order valence-corrected chi connectivity index (χ0v) is 13.0. The number of nitrogens with one attached hydrogen (secondary N) is 1. The summed E-state index contributed by atoms with van der Waals surface area (Å²) in [5.41, 5.74) is 2.22. The number of hydrogen-bond donors (Lipinski definition) is 1. The number of benzene rings is 1. The highest BCUT2D eigenvalue weighted by Gasteiger charge is 2.26. The topological polar surface area (TPSA) is 18.5 Å². The van der Waals surface area contributed by atoms with Crippen molar-refractivity contribution < 1.29 is 4.39 Å². The molecule has 1 aliphatic rings. The number of nitrogens with zero attached hydrogens (tertiary/aromatic N) is 2. The van der Waals surface area contributed by atoms with E-state index in [0.29, 0.717) is 6.54 Å². The minimum atomic E-state index is -0.147. The fourth-order valence-electron chi connectivity index (χ4n) is 2.76. The largest absolute Gasteiger partial charge is 0.369 e. The molecule has 0 atom stereocenters. The Morgan fingerprint density at radius 3 is 2.30 bits per heavy atom. The summed E-state index contributed by atoms with van der Waals surface area (Å²) in [4.78, 5) is 4.77. The predicted octanol–water partition coefficient (Wildman–Crippen LogP) is 2.47. The second-order valence-corrected chi connectivity index (χ2v) is 6.49. The fourth-order valence-corrected chi connectivity index (χ4v) is 2.76. The van der Waals surface area contributed by atoms with Gasteiger partial charge in [0.25, 0.3) is 0 Å². The molecule has 1 N–H and O–H groups in total. The molecule has 1 aliphatic heterocycles. The van der Waals surface area contributed by atoms with Crippen LogP contribution in [0.5, 0.6) is 0 Å². The van der Waals surface area contributed by atoms with Gasteiger partial charge in [0, 0.05) is 44.0 Å². The highest BCUT2D eigenvalue weighted by atomic mass is 19.1. The lowest BCUT2D eigenvalue weighted by molar-refractivity contribution is 0.128. The van der Waals surface area contributed by atoms with Gasteiger partial charge in [-0.15, -0.1) is 0 Å². The molecule has 0 aliphatic carbocycles. The van der Waals surface area contributed by atoms with Gasteiger partial charge in [0.15, 0.2) is 0 Å². The molecule has 0 aromatic heterocycles. The first-order chi connectivity index (χ1) is 9.40. The van der Waals surface area contributed by atoms with E-state index in [9.17, 15) is 4.39 Å². The fraction of sp³-hybridized carbons (Fsp3) is 0.625. The first-order valence-electron chi connectivity index (χ1n) is 7.34. The first kappa shape index (κ1) is 15.3. The quantitative estimate of drug-likeness (QED) is 0.917. The summed E-state index contributed by atoms with van der Waals surface area (Å²) >= 11 is 0. The molecule has 0 bridgehead atoms. The first-order valence-corrected chi connectivity index (χ1v) is 7.34. The van der Waals surface area contributed by atoms with Crippen LogP contribution in [0.2, 0.25) is 0 Å². The highest BCUT2D eigenvalue weighted by molar-refractivity contribution is 5.49. The van der Waals surface area contributed by atoms with E-state index in [1.54, 1.807) is 12.1 Å². The molecule has 0 amide bonds. The molecule has 0 unspecified atom stereocenters. The molecule has 1 aromatic carbocycles. The molecule has 4 heteroatoms. The molecular weight excluding hydrogens is 253 g/mol. The molecule has 112 valence electrons. The standard InChI is InChI=1S/C16H26FN3/c1-16(2,3)20-7-5-19(6-8-20)15-10-13(12-18-4)9-14(17)11-15/h9-11,18H,5-8,12H2,1-4H3. The molecule has 0 radical (unpaired) electrons. The molecular formula is C16H26FN3. The third kappa shape index (κ3) is 3.70. The lowest BCUT2D eigenvalue weighted by Gasteiger charge is -2.43. The second kappa shape index (κ2) is 6.10. The van der Waals surface area contributed by atoms with E-state index in [-0.39, 0.29) is 11.4 Å². The maximum absolute atomic E-state index is 13.7. The minimum Gasteiger partial charge on any atom is -0.369 e. The lowest BCUT2D eigenvalue weighted by Crippen LogP contribution is -2.53. The van der Waals surface area contributed by atoms with Crippen LogP contribution in [0.15, 0.2) is 18.2 Å². The summed E-state index contributed by atoms with van der Waals surface area (Å²) in [6.07, 6.45) is 0. The average molecular weight is 279 g/mol. The average Bonchev–Trinajstić information content (AvgIpc) is 2.37. The smallest absolute Gasteiger partial charge is 0.125 e. The van der Waals surface area contributed by atoms with E-state index in [4.69, 9.17) is 0 Å². The molecule has 1 saturated heterocycles. The second-order valence-electron chi connectivity index (χ2n) is 6.49. The predicted molar refractivity (Wildman–Crippen MR) is 82.7 cm³/mol. The van der Waals surface area contributed by atoms with Crippen LogP contribution in [0.25, 0.3) is 0 Å². The van der Waals surface area contributed by atoms with Crippen molar-refractivity contribution in [1.82, 2.24) is 10.2 Å². The van der Waals surface area contributed by atoms with Crippen molar-refractivity contribution in [1.29, 1.82) is 0 Å². The molecule has 0 saturated carbocycles. The zero-order valence-electron chi connectivity index (χ0n) is 13.0. The van der Waals surface area contributed by atoms with E-state index >= 15 is 0 Å². The van der Waals surface area contributed by atoms with Crippen LogP contribution in [0.3, 0.4) is 0 Å². The van der Waals surface area contributed by atoms with Crippen molar-refractivity contribution >= 4 is 5.69 Å². The maximum atomic E-state index is 13.7. The summed E-state index contributed by atoms with van der Waals surface area (Å²) in [5.74, 6) is -0.147. The van der Waals surface area contributed by atoms with Gasteiger partial charge in [-0.1, -0.05) is 0 Å². The third-order valence-electron chi connectivity index (χ3n) is 3.92.